The van der Waals surface area contributed by atoms with Crippen molar-refractivity contribution in [2.24, 2.45) is 0 Å². The number of benzene rings is 2. The summed E-state index contributed by atoms with van der Waals surface area (Å²) < 4.78 is 0. The van der Waals surface area contributed by atoms with Gasteiger partial charge in [-0.15, -0.1) is 11.8 Å². The van der Waals surface area contributed by atoms with E-state index in [9.17, 15) is 14.9 Å². The predicted molar refractivity (Wildman–Crippen MR) is 96.2 cm³/mol. The number of fused-ring (bicyclic) bond motifs is 1. The van der Waals surface area contributed by atoms with E-state index in [-0.39, 0.29) is 22.2 Å². The van der Waals surface area contributed by atoms with Gasteiger partial charge in [0, 0.05) is 28.3 Å². The monoisotopic (exact) mass is 362 g/mol. The number of hydrogen-bond donors (Lipinski definition) is 0. The first-order valence-corrected chi connectivity index (χ1v) is 8.74. The highest BCUT2D eigenvalue weighted by molar-refractivity contribution is 8.00. The molecule has 1 aliphatic rings. The molecule has 124 valence electrons. The average Bonchev–Trinajstić information content (AvgIpc) is 2.72. The first kappa shape index (κ1) is 16.8. The molecule has 0 N–H and O–H groups in total. The van der Waals surface area contributed by atoms with Crippen molar-refractivity contribution >= 4 is 40.6 Å². The van der Waals surface area contributed by atoms with Crippen LogP contribution in [-0.4, -0.2) is 22.6 Å². The predicted octanol–water partition coefficient (Wildman–Crippen LogP) is 4.78. The first-order chi connectivity index (χ1) is 11.5. The highest BCUT2D eigenvalue weighted by Crippen LogP contribution is 2.38. The van der Waals surface area contributed by atoms with Crippen LogP contribution < -0.4 is 4.90 Å². The molecule has 3 rings (SSSR count). The van der Waals surface area contributed by atoms with Gasteiger partial charge in [0.1, 0.15) is 5.02 Å². The lowest BCUT2D eigenvalue weighted by Gasteiger charge is -2.22. The van der Waals surface area contributed by atoms with Gasteiger partial charge >= 0.3 is 0 Å². The van der Waals surface area contributed by atoms with Crippen molar-refractivity contribution in [3.8, 4) is 0 Å². The summed E-state index contributed by atoms with van der Waals surface area (Å²) in [4.78, 5) is 26.2. The zero-order valence-electron chi connectivity index (χ0n) is 12.9. The second-order valence-electron chi connectivity index (χ2n) is 5.56. The highest BCUT2D eigenvalue weighted by atomic mass is 35.5. The fraction of sp³-hybridized carbons (Fsp3) is 0.235. The van der Waals surface area contributed by atoms with Crippen molar-refractivity contribution in [3.63, 3.8) is 0 Å². The van der Waals surface area contributed by atoms with Crippen molar-refractivity contribution in [2.75, 3.05) is 11.4 Å². The molecule has 0 bridgehead atoms. The highest BCUT2D eigenvalue weighted by Gasteiger charge is 2.26. The molecule has 0 unspecified atom stereocenters. The fourth-order valence-corrected chi connectivity index (χ4v) is 3.94. The number of anilines is 1. The van der Waals surface area contributed by atoms with Crippen LogP contribution in [0, 0.1) is 10.1 Å². The number of carbonyl (C=O) groups excluding carboxylic acids is 1. The summed E-state index contributed by atoms with van der Waals surface area (Å²) in [6.45, 7) is 2.70. The maximum absolute atomic E-state index is 13.0. The van der Waals surface area contributed by atoms with E-state index in [2.05, 4.69) is 6.92 Å². The summed E-state index contributed by atoms with van der Waals surface area (Å²) in [6.07, 6.45) is 0.848. The van der Waals surface area contributed by atoms with Crippen molar-refractivity contribution in [1.82, 2.24) is 0 Å². The van der Waals surface area contributed by atoms with Crippen molar-refractivity contribution in [1.29, 1.82) is 0 Å². The Morgan fingerprint density at radius 3 is 2.83 bits per heavy atom. The largest absolute Gasteiger partial charge is 0.307 e. The van der Waals surface area contributed by atoms with Crippen molar-refractivity contribution in [3.05, 3.63) is 63.2 Å². The van der Waals surface area contributed by atoms with E-state index in [0.29, 0.717) is 11.8 Å². The van der Waals surface area contributed by atoms with Crippen LogP contribution in [0.15, 0.2) is 47.4 Å². The Balaban J connectivity index is 2.01. The molecule has 0 radical (unpaired) electrons. The van der Waals surface area contributed by atoms with Gasteiger partial charge in [-0.1, -0.05) is 30.7 Å². The van der Waals surface area contributed by atoms with Crippen LogP contribution in [0.25, 0.3) is 0 Å². The topological polar surface area (TPSA) is 63.5 Å². The number of nitrogens with zero attached hydrogens (tertiary/aromatic N) is 2. The smallest absolute Gasteiger partial charge is 0.288 e. The zero-order chi connectivity index (χ0) is 17.3. The first-order valence-electron chi connectivity index (χ1n) is 7.49. The van der Waals surface area contributed by atoms with Crippen LogP contribution in [0.4, 0.5) is 11.4 Å². The number of nitro groups is 1. The van der Waals surface area contributed by atoms with Gasteiger partial charge in [0.15, 0.2) is 0 Å². The summed E-state index contributed by atoms with van der Waals surface area (Å²) in [5.74, 6) is -0.253. The lowest BCUT2D eigenvalue weighted by atomic mass is 10.1. The zero-order valence-corrected chi connectivity index (χ0v) is 14.5. The number of amides is 1. The van der Waals surface area contributed by atoms with Crippen molar-refractivity contribution < 1.29 is 9.72 Å². The second-order valence-corrected chi connectivity index (χ2v) is 7.45. The molecule has 0 saturated heterocycles. The van der Waals surface area contributed by atoms with Crippen LogP contribution in [0.3, 0.4) is 0 Å². The number of nitro benzene ring substituents is 1. The van der Waals surface area contributed by atoms with E-state index in [1.54, 1.807) is 16.7 Å². The minimum atomic E-state index is -0.576. The minimum absolute atomic E-state index is 0.0250. The molecule has 1 amide bonds. The third kappa shape index (κ3) is 3.25. The van der Waals surface area contributed by atoms with Gasteiger partial charge in [-0.3, -0.25) is 14.9 Å². The Morgan fingerprint density at radius 2 is 2.08 bits per heavy atom. The molecule has 0 spiro atoms. The van der Waals surface area contributed by atoms with Gasteiger partial charge in [-0.25, -0.2) is 0 Å². The molecule has 0 aliphatic carbocycles. The third-order valence-electron chi connectivity index (χ3n) is 3.88. The number of hydrogen-bond acceptors (Lipinski definition) is 4. The molecule has 1 heterocycles. The van der Waals surface area contributed by atoms with Crippen LogP contribution in [0.5, 0.6) is 0 Å². The van der Waals surface area contributed by atoms with E-state index in [4.69, 9.17) is 11.6 Å². The molecular formula is C17H15ClN2O3S. The summed E-state index contributed by atoms with van der Waals surface area (Å²) >= 11 is 7.57. The third-order valence-corrected chi connectivity index (χ3v) is 5.44. The van der Waals surface area contributed by atoms with Gasteiger partial charge in [0.2, 0.25) is 0 Å². The molecule has 2 aromatic carbocycles. The number of halogens is 1. The summed E-state index contributed by atoms with van der Waals surface area (Å²) in [6, 6.07) is 11.9. The lowest BCUT2D eigenvalue weighted by Crippen LogP contribution is -2.32. The lowest BCUT2D eigenvalue weighted by molar-refractivity contribution is -0.384. The van der Waals surface area contributed by atoms with Gasteiger partial charge in [0.05, 0.1) is 10.6 Å². The van der Waals surface area contributed by atoms with Crippen LogP contribution in [0.1, 0.15) is 23.7 Å². The molecule has 1 atom stereocenters. The Morgan fingerprint density at radius 1 is 1.33 bits per heavy atom. The summed E-state index contributed by atoms with van der Waals surface area (Å²) in [5, 5.41) is 11.5. The molecular weight excluding hydrogens is 348 g/mol. The summed E-state index contributed by atoms with van der Waals surface area (Å²) in [7, 11) is 0. The molecule has 24 heavy (non-hydrogen) atoms. The van der Waals surface area contributed by atoms with Gasteiger partial charge in [-0.05, 0) is 30.7 Å². The Hall–Kier alpha value is -2.05. The van der Waals surface area contributed by atoms with Crippen LogP contribution >= 0.6 is 23.4 Å². The Labute approximate surface area is 148 Å². The SMILES string of the molecule is C[C@H]1CCN(C(=O)c2ccc(Cl)c([N+](=O)[O-])c2)c2ccccc2S1. The average molecular weight is 363 g/mol. The van der Waals surface area contributed by atoms with E-state index >= 15 is 0 Å². The molecule has 2 aromatic rings. The van der Waals surface area contributed by atoms with Crippen LogP contribution in [-0.2, 0) is 0 Å². The molecule has 0 fully saturated rings. The number of rotatable bonds is 2. The van der Waals surface area contributed by atoms with E-state index < -0.39 is 4.92 Å². The molecule has 5 nitrogen and oxygen atoms in total. The Bertz CT molecular complexity index is 812. The van der Waals surface area contributed by atoms with Crippen LogP contribution in [0.2, 0.25) is 5.02 Å². The fourth-order valence-electron chi connectivity index (χ4n) is 2.64. The number of thioether (sulfide) groups is 1. The van der Waals surface area contributed by atoms with Gasteiger partial charge in [0.25, 0.3) is 11.6 Å². The minimum Gasteiger partial charge on any atom is -0.307 e. The standard InChI is InChI=1S/C17H15ClN2O3S/c1-11-8-9-19(14-4-2-3-5-16(14)24-11)17(21)12-6-7-13(18)15(10-12)20(22)23/h2-7,10-11H,8-9H2,1H3/t11-/m0/s1. The molecule has 1 aliphatic heterocycles. The summed E-state index contributed by atoms with van der Waals surface area (Å²) in [5.41, 5.74) is 0.850. The maximum atomic E-state index is 13.0. The normalized spacial score (nSPS) is 17.1. The van der Waals surface area contributed by atoms with E-state index in [0.717, 1.165) is 17.0 Å². The van der Waals surface area contributed by atoms with Gasteiger partial charge < -0.3 is 4.90 Å². The molecule has 0 saturated carbocycles. The number of para-hydroxylation sites is 1. The Kier molecular flexibility index (Phi) is 4.78. The van der Waals surface area contributed by atoms with Gasteiger partial charge in [-0.2, -0.15) is 0 Å². The van der Waals surface area contributed by atoms with Crippen molar-refractivity contribution in [2.45, 2.75) is 23.5 Å². The van der Waals surface area contributed by atoms with E-state index in [1.165, 1.54) is 18.2 Å². The maximum Gasteiger partial charge on any atom is 0.288 e. The molecule has 7 heteroatoms. The second kappa shape index (κ2) is 6.83. The quantitative estimate of drug-likeness (QED) is 0.569. The number of carbonyl (C=O) groups is 1. The molecule has 0 aromatic heterocycles. The van der Waals surface area contributed by atoms with E-state index in [1.807, 2.05) is 24.3 Å².